The van der Waals surface area contributed by atoms with Gasteiger partial charge >= 0.3 is 5.97 Å². The van der Waals surface area contributed by atoms with Crippen molar-refractivity contribution in [3.8, 4) is 0 Å². The van der Waals surface area contributed by atoms with Crippen LogP contribution in [0.2, 0.25) is 0 Å². The standard InChI is InChI=1S/C11H18N2O3/c14-10(9-2-1-5-12-9)13-8-4-3-7(6-8)11(15)16/h7-9,12H,1-6H2,(H,13,14)(H,15,16)/t7?,8?,9-/m0/s1. The van der Waals surface area contributed by atoms with E-state index >= 15 is 0 Å². The molecule has 1 saturated heterocycles. The van der Waals surface area contributed by atoms with Gasteiger partial charge in [0.25, 0.3) is 0 Å². The van der Waals surface area contributed by atoms with Gasteiger partial charge in [0.15, 0.2) is 0 Å². The topological polar surface area (TPSA) is 78.4 Å². The van der Waals surface area contributed by atoms with E-state index in [0.717, 1.165) is 25.8 Å². The number of hydrogen-bond donors (Lipinski definition) is 3. The van der Waals surface area contributed by atoms with E-state index in [1.165, 1.54) is 0 Å². The summed E-state index contributed by atoms with van der Waals surface area (Å²) in [7, 11) is 0. The van der Waals surface area contributed by atoms with Gasteiger partial charge in [-0.3, -0.25) is 9.59 Å². The zero-order valence-electron chi connectivity index (χ0n) is 9.24. The molecule has 5 heteroatoms. The Morgan fingerprint density at radius 2 is 2.06 bits per heavy atom. The van der Waals surface area contributed by atoms with Crippen LogP contribution in [0.5, 0.6) is 0 Å². The molecular formula is C11H18N2O3. The summed E-state index contributed by atoms with van der Waals surface area (Å²) in [4.78, 5) is 22.5. The Balaban J connectivity index is 1.78. The van der Waals surface area contributed by atoms with E-state index in [2.05, 4.69) is 10.6 Å². The largest absolute Gasteiger partial charge is 0.481 e. The monoisotopic (exact) mass is 226 g/mol. The molecule has 2 unspecified atom stereocenters. The van der Waals surface area contributed by atoms with Crippen molar-refractivity contribution in [3.05, 3.63) is 0 Å². The molecule has 90 valence electrons. The summed E-state index contributed by atoms with van der Waals surface area (Å²) in [5, 5.41) is 14.9. The van der Waals surface area contributed by atoms with Gasteiger partial charge in [-0.05, 0) is 38.6 Å². The molecule has 16 heavy (non-hydrogen) atoms. The van der Waals surface area contributed by atoms with Crippen molar-refractivity contribution >= 4 is 11.9 Å². The average molecular weight is 226 g/mol. The van der Waals surface area contributed by atoms with E-state index in [4.69, 9.17) is 5.11 Å². The SMILES string of the molecule is O=C(O)C1CCC(NC(=O)[C@@H]2CCCN2)C1. The summed E-state index contributed by atoms with van der Waals surface area (Å²) in [6.07, 6.45) is 3.98. The van der Waals surface area contributed by atoms with Crippen molar-refractivity contribution < 1.29 is 14.7 Å². The first-order valence-corrected chi connectivity index (χ1v) is 5.93. The van der Waals surface area contributed by atoms with Gasteiger partial charge in [-0.25, -0.2) is 0 Å². The van der Waals surface area contributed by atoms with E-state index in [1.807, 2.05) is 0 Å². The number of carboxylic acid groups (broad SMARTS) is 1. The van der Waals surface area contributed by atoms with Gasteiger partial charge in [0, 0.05) is 6.04 Å². The summed E-state index contributed by atoms with van der Waals surface area (Å²) < 4.78 is 0. The van der Waals surface area contributed by atoms with Crippen molar-refractivity contribution in [2.75, 3.05) is 6.54 Å². The number of carbonyl (C=O) groups excluding carboxylic acids is 1. The second-order valence-electron chi connectivity index (χ2n) is 4.70. The highest BCUT2D eigenvalue weighted by Gasteiger charge is 2.32. The fourth-order valence-corrected chi connectivity index (χ4v) is 2.55. The molecule has 0 aromatic heterocycles. The Morgan fingerprint density at radius 1 is 1.25 bits per heavy atom. The first kappa shape index (κ1) is 11.4. The van der Waals surface area contributed by atoms with E-state index in [-0.39, 0.29) is 23.9 Å². The fraction of sp³-hybridized carbons (Fsp3) is 0.818. The second-order valence-corrected chi connectivity index (χ2v) is 4.70. The minimum Gasteiger partial charge on any atom is -0.481 e. The molecule has 1 aliphatic carbocycles. The van der Waals surface area contributed by atoms with Crippen molar-refractivity contribution in [3.63, 3.8) is 0 Å². The van der Waals surface area contributed by atoms with Crippen molar-refractivity contribution in [2.24, 2.45) is 5.92 Å². The van der Waals surface area contributed by atoms with Crippen molar-refractivity contribution in [1.82, 2.24) is 10.6 Å². The van der Waals surface area contributed by atoms with Crippen LogP contribution >= 0.6 is 0 Å². The third-order valence-electron chi connectivity index (χ3n) is 3.51. The Hall–Kier alpha value is -1.10. The minimum atomic E-state index is -0.740. The van der Waals surface area contributed by atoms with Crippen LogP contribution in [0.1, 0.15) is 32.1 Å². The maximum Gasteiger partial charge on any atom is 0.306 e. The molecule has 2 fully saturated rings. The van der Waals surface area contributed by atoms with Gasteiger partial charge in [0.1, 0.15) is 0 Å². The van der Waals surface area contributed by atoms with E-state index in [1.54, 1.807) is 0 Å². The molecule has 5 nitrogen and oxygen atoms in total. The maximum atomic E-state index is 11.8. The summed E-state index contributed by atoms with van der Waals surface area (Å²) >= 11 is 0. The van der Waals surface area contributed by atoms with Gasteiger partial charge in [0.05, 0.1) is 12.0 Å². The van der Waals surface area contributed by atoms with E-state index in [9.17, 15) is 9.59 Å². The highest BCUT2D eigenvalue weighted by Crippen LogP contribution is 2.25. The van der Waals surface area contributed by atoms with Gasteiger partial charge in [-0.1, -0.05) is 0 Å². The maximum absolute atomic E-state index is 11.8. The molecule has 0 bridgehead atoms. The van der Waals surface area contributed by atoms with Gasteiger partial charge < -0.3 is 15.7 Å². The highest BCUT2D eigenvalue weighted by molar-refractivity contribution is 5.82. The predicted molar refractivity (Wildman–Crippen MR) is 57.9 cm³/mol. The molecule has 0 aromatic rings. The minimum absolute atomic E-state index is 0.0357. The molecular weight excluding hydrogens is 208 g/mol. The molecule has 2 aliphatic rings. The lowest BCUT2D eigenvalue weighted by Crippen LogP contribution is -2.44. The summed E-state index contributed by atoms with van der Waals surface area (Å²) in [6, 6.07) is -0.0140. The number of carboxylic acids is 1. The highest BCUT2D eigenvalue weighted by atomic mass is 16.4. The van der Waals surface area contributed by atoms with Crippen LogP contribution in [0.3, 0.4) is 0 Å². The summed E-state index contributed by atoms with van der Waals surface area (Å²) in [5.41, 5.74) is 0. The molecule has 0 aromatic carbocycles. The first-order valence-electron chi connectivity index (χ1n) is 5.93. The van der Waals surface area contributed by atoms with Crippen molar-refractivity contribution in [2.45, 2.75) is 44.2 Å². The van der Waals surface area contributed by atoms with Crippen LogP contribution in [-0.4, -0.2) is 35.6 Å². The fourth-order valence-electron chi connectivity index (χ4n) is 2.55. The molecule has 2 rings (SSSR count). The zero-order valence-corrected chi connectivity index (χ0v) is 9.24. The molecule has 0 spiro atoms. The number of amides is 1. The molecule has 1 aliphatic heterocycles. The average Bonchev–Trinajstić information content (AvgIpc) is 2.87. The number of rotatable bonds is 3. The molecule has 1 saturated carbocycles. The lowest BCUT2D eigenvalue weighted by molar-refractivity contribution is -0.141. The predicted octanol–water partition coefficient (Wildman–Crippen LogP) is 0.108. The summed E-state index contributed by atoms with van der Waals surface area (Å²) in [5.74, 6) is -0.980. The normalized spacial score (nSPS) is 33.9. The Morgan fingerprint density at radius 3 is 2.62 bits per heavy atom. The van der Waals surface area contributed by atoms with Crippen molar-refractivity contribution in [1.29, 1.82) is 0 Å². The molecule has 3 atom stereocenters. The molecule has 1 heterocycles. The number of hydrogen-bond acceptors (Lipinski definition) is 3. The second kappa shape index (κ2) is 4.82. The zero-order chi connectivity index (χ0) is 11.5. The first-order chi connectivity index (χ1) is 7.66. The lowest BCUT2D eigenvalue weighted by Gasteiger charge is -2.16. The van der Waals surface area contributed by atoms with Gasteiger partial charge in [-0.15, -0.1) is 0 Å². The quantitative estimate of drug-likeness (QED) is 0.638. The van der Waals surface area contributed by atoms with E-state index < -0.39 is 5.97 Å². The van der Waals surface area contributed by atoms with Gasteiger partial charge in [0.2, 0.25) is 5.91 Å². The van der Waals surface area contributed by atoms with Crippen LogP contribution in [0, 0.1) is 5.92 Å². The Labute approximate surface area is 94.6 Å². The van der Waals surface area contributed by atoms with Crippen LogP contribution in [-0.2, 0) is 9.59 Å². The molecule has 0 radical (unpaired) electrons. The molecule has 1 amide bonds. The third-order valence-corrected chi connectivity index (χ3v) is 3.51. The van der Waals surface area contributed by atoms with Crippen LogP contribution in [0.25, 0.3) is 0 Å². The van der Waals surface area contributed by atoms with Crippen LogP contribution in [0.4, 0.5) is 0 Å². The number of carbonyl (C=O) groups is 2. The summed E-state index contributed by atoms with van der Waals surface area (Å²) in [6.45, 7) is 0.903. The number of nitrogens with one attached hydrogen (secondary N) is 2. The van der Waals surface area contributed by atoms with Gasteiger partial charge in [-0.2, -0.15) is 0 Å². The Bertz CT molecular complexity index is 287. The van der Waals surface area contributed by atoms with Crippen LogP contribution < -0.4 is 10.6 Å². The van der Waals surface area contributed by atoms with E-state index in [0.29, 0.717) is 12.8 Å². The lowest BCUT2D eigenvalue weighted by atomic mass is 10.1. The Kier molecular flexibility index (Phi) is 3.43. The third kappa shape index (κ3) is 2.52. The molecule has 3 N–H and O–H groups in total. The smallest absolute Gasteiger partial charge is 0.306 e. The van der Waals surface area contributed by atoms with Crippen LogP contribution in [0.15, 0.2) is 0 Å². The number of aliphatic carboxylic acids is 1.